The average Bonchev–Trinajstić information content (AvgIpc) is 2.27. The molecule has 3 nitrogen and oxygen atoms in total. The van der Waals surface area contributed by atoms with Gasteiger partial charge in [0.2, 0.25) is 0 Å². The van der Waals surface area contributed by atoms with E-state index in [9.17, 15) is 4.79 Å². The zero-order chi connectivity index (χ0) is 13.0. The minimum absolute atomic E-state index is 0.288. The number of benzene rings is 1. The fraction of sp³-hybridized carbons (Fsp3) is 0.462. The highest BCUT2D eigenvalue weighted by Gasteiger charge is 2.17. The summed E-state index contributed by atoms with van der Waals surface area (Å²) in [7, 11) is 1.90. The van der Waals surface area contributed by atoms with Crippen molar-refractivity contribution in [2.75, 3.05) is 11.9 Å². The normalized spacial score (nSPS) is 12.2. The Bertz CT molecular complexity index is 406. The summed E-state index contributed by atoms with van der Waals surface area (Å²) in [6.07, 6.45) is 2.08. The summed E-state index contributed by atoms with van der Waals surface area (Å²) in [4.78, 5) is 13.1. The Hall–Kier alpha value is -1.22. The van der Waals surface area contributed by atoms with Crippen LogP contribution in [0.1, 0.15) is 37.0 Å². The molecule has 1 aromatic rings. The quantitative estimate of drug-likeness (QED) is 0.873. The van der Waals surface area contributed by atoms with Gasteiger partial charge in [-0.25, -0.2) is 4.79 Å². The molecule has 0 aromatic heterocycles. The second kappa shape index (κ2) is 5.92. The van der Waals surface area contributed by atoms with E-state index in [1.807, 2.05) is 11.9 Å². The molecule has 0 saturated heterocycles. The van der Waals surface area contributed by atoms with Crippen molar-refractivity contribution in [3.05, 3.63) is 28.8 Å². The van der Waals surface area contributed by atoms with Crippen LogP contribution in [0, 0.1) is 0 Å². The summed E-state index contributed by atoms with van der Waals surface area (Å²) in [5.74, 6) is -0.924. The van der Waals surface area contributed by atoms with Gasteiger partial charge in [0, 0.05) is 18.1 Å². The van der Waals surface area contributed by atoms with Gasteiger partial charge in [0.05, 0.1) is 11.3 Å². The molecule has 0 aliphatic carbocycles. The van der Waals surface area contributed by atoms with Gasteiger partial charge in [0.1, 0.15) is 0 Å². The lowest BCUT2D eigenvalue weighted by atomic mass is 10.1. The Morgan fingerprint density at radius 3 is 2.71 bits per heavy atom. The van der Waals surface area contributed by atoms with E-state index >= 15 is 0 Å². The maximum atomic E-state index is 11.1. The molecule has 0 bridgehead atoms. The summed E-state index contributed by atoms with van der Waals surface area (Å²) in [5, 5.41) is 9.70. The number of aromatic carboxylic acids is 1. The molecule has 4 heteroatoms. The smallest absolute Gasteiger partial charge is 0.337 e. The molecule has 0 amide bonds. The van der Waals surface area contributed by atoms with Crippen molar-refractivity contribution in [3.63, 3.8) is 0 Å². The van der Waals surface area contributed by atoms with Crippen LogP contribution in [0.4, 0.5) is 5.69 Å². The van der Waals surface area contributed by atoms with Crippen LogP contribution >= 0.6 is 11.6 Å². The molecule has 1 atom stereocenters. The molecule has 0 saturated carbocycles. The molecule has 0 heterocycles. The molecule has 0 aliphatic rings. The standard InChI is InChI=1S/C13H18ClNO2/c1-4-5-9(2)15(3)12-8-10(14)6-7-11(12)13(16)17/h6-9H,4-5H2,1-3H3,(H,16,17). The van der Waals surface area contributed by atoms with E-state index in [2.05, 4.69) is 13.8 Å². The lowest BCUT2D eigenvalue weighted by Crippen LogP contribution is -2.30. The van der Waals surface area contributed by atoms with Crippen molar-refractivity contribution in [3.8, 4) is 0 Å². The summed E-state index contributed by atoms with van der Waals surface area (Å²) in [5.41, 5.74) is 0.964. The fourth-order valence-electron chi connectivity index (χ4n) is 1.83. The van der Waals surface area contributed by atoms with Crippen molar-refractivity contribution in [1.82, 2.24) is 0 Å². The van der Waals surface area contributed by atoms with Gasteiger partial charge in [-0.3, -0.25) is 0 Å². The zero-order valence-electron chi connectivity index (χ0n) is 10.4. The molecule has 1 unspecified atom stereocenters. The van der Waals surface area contributed by atoms with Gasteiger partial charge in [0.25, 0.3) is 0 Å². The molecule has 0 aliphatic heterocycles. The Balaban J connectivity index is 3.10. The molecule has 94 valence electrons. The minimum Gasteiger partial charge on any atom is -0.478 e. The minimum atomic E-state index is -0.924. The van der Waals surface area contributed by atoms with E-state index in [0.717, 1.165) is 12.8 Å². The lowest BCUT2D eigenvalue weighted by molar-refractivity contribution is 0.0697. The topological polar surface area (TPSA) is 40.5 Å². The number of rotatable bonds is 5. The fourth-order valence-corrected chi connectivity index (χ4v) is 1.99. The van der Waals surface area contributed by atoms with Crippen LogP contribution in [-0.4, -0.2) is 24.2 Å². The molecule has 1 aromatic carbocycles. The van der Waals surface area contributed by atoms with Crippen molar-refractivity contribution in [1.29, 1.82) is 0 Å². The van der Waals surface area contributed by atoms with Crippen LogP contribution in [0.25, 0.3) is 0 Å². The van der Waals surface area contributed by atoms with Crippen molar-refractivity contribution < 1.29 is 9.90 Å². The number of nitrogens with zero attached hydrogens (tertiary/aromatic N) is 1. The predicted molar refractivity (Wildman–Crippen MR) is 71.2 cm³/mol. The first-order valence-corrected chi connectivity index (χ1v) is 6.10. The van der Waals surface area contributed by atoms with Gasteiger partial charge in [-0.15, -0.1) is 0 Å². The third kappa shape index (κ3) is 3.37. The van der Waals surface area contributed by atoms with Gasteiger partial charge in [-0.05, 0) is 31.5 Å². The first-order valence-electron chi connectivity index (χ1n) is 5.73. The molecule has 17 heavy (non-hydrogen) atoms. The Morgan fingerprint density at radius 1 is 1.53 bits per heavy atom. The lowest BCUT2D eigenvalue weighted by Gasteiger charge is -2.28. The van der Waals surface area contributed by atoms with Gasteiger partial charge in [0.15, 0.2) is 0 Å². The van der Waals surface area contributed by atoms with Crippen LogP contribution in [0.2, 0.25) is 5.02 Å². The Kier molecular flexibility index (Phi) is 4.82. The molecule has 0 spiro atoms. The number of carbonyl (C=O) groups is 1. The molecule has 1 N–H and O–H groups in total. The number of carboxylic acid groups (broad SMARTS) is 1. The summed E-state index contributed by atoms with van der Waals surface area (Å²) in [6.45, 7) is 4.19. The molecule has 0 fully saturated rings. The number of hydrogen-bond donors (Lipinski definition) is 1. The van der Waals surface area contributed by atoms with E-state index < -0.39 is 5.97 Å². The van der Waals surface area contributed by atoms with E-state index in [1.165, 1.54) is 0 Å². The van der Waals surface area contributed by atoms with Crippen molar-refractivity contribution in [2.45, 2.75) is 32.7 Å². The zero-order valence-corrected chi connectivity index (χ0v) is 11.2. The number of halogens is 1. The van der Waals surface area contributed by atoms with E-state index in [-0.39, 0.29) is 6.04 Å². The molecular weight excluding hydrogens is 238 g/mol. The highest BCUT2D eigenvalue weighted by Crippen LogP contribution is 2.26. The maximum Gasteiger partial charge on any atom is 0.337 e. The molecule has 1 rings (SSSR count). The summed E-state index contributed by atoms with van der Waals surface area (Å²) >= 11 is 5.93. The maximum absolute atomic E-state index is 11.1. The second-order valence-corrected chi connectivity index (χ2v) is 4.65. The second-order valence-electron chi connectivity index (χ2n) is 4.22. The monoisotopic (exact) mass is 255 g/mol. The highest BCUT2D eigenvalue weighted by molar-refractivity contribution is 6.31. The van der Waals surface area contributed by atoms with Crippen LogP contribution in [0.15, 0.2) is 18.2 Å². The van der Waals surface area contributed by atoms with E-state index in [1.54, 1.807) is 18.2 Å². The largest absolute Gasteiger partial charge is 0.478 e. The van der Waals surface area contributed by atoms with Crippen LogP contribution in [-0.2, 0) is 0 Å². The van der Waals surface area contributed by atoms with Gasteiger partial charge < -0.3 is 10.0 Å². The number of carboxylic acids is 1. The number of anilines is 1. The molecule has 0 radical (unpaired) electrons. The van der Waals surface area contributed by atoms with Gasteiger partial charge in [-0.2, -0.15) is 0 Å². The first kappa shape index (κ1) is 13.8. The molecular formula is C13H18ClNO2. The first-order chi connectivity index (χ1) is 7.97. The SMILES string of the molecule is CCCC(C)N(C)c1cc(Cl)ccc1C(=O)O. The third-order valence-corrected chi connectivity index (χ3v) is 3.17. The Labute approximate surface area is 107 Å². The number of hydrogen-bond acceptors (Lipinski definition) is 2. The summed E-state index contributed by atoms with van der Waals surface area (Å²) in [6, 6.07) is 5.15. The van der Waals surface area contributed by atoms with E-state index in [4.69, 9.17) is 16.7 Å². The van der Waals surface area contributed by atoms with Crippen LogP contribution < -0.4 is 4.90 Å². The van der Waals surface area contributed by atoms with Gasteiger partial charge >= 0.3 is 5.97 Å². The highest BCUT2D eigenvalue weighted by atomic mass is 35.5. The van der Waals surface area contributed by atoms with Crippen LogP contribution in [0.5, 0.6) is 0 Å². The van der Waals surface area contributed by atoms with Crippen LogP contribution in [0.3, 0.4) is 0 Å². The van der Waals surface area contributed by atoms with Crippen molar-refractivity contribution in [2.24, 2.45) is 0 Å². The van der Waals surface area contributed by atoms with Crippen molar-refractivity contribution >= 4 is 23.3 Å². The van der Waals surface area contributed by atoms with E-state index in [0.29, 0.717) is 16.3 Å². The third-order valence-electron chi connectivity index (χ3n) is 2.94. The predicted octanol–water partition coefficient (Wildman–Crippen LogP) is 3.66. The summed E-state index contributed by atoms with van der Waals surface area (Å²) < 4.78 is 0. The van der Waals surface area contributed by atoms with Gasteiger partial charge in [-0.1, -0.05) is 24.9 Å². The Morgan fingerprint density at radius 2 is 2.18 bits per heavy atom. The average molecular weight is 256 g/mol.